The van der Waals surface area contributed by atoms with Gasteiger partial charge in [0.2, 0.25) is 0 Å². The summed E-state index contributed by atoms with van der Waals surface area (Å²) in [7, 11) is 0. The van der Waals surface area contributed by atoms with E-state index in [1.165, 1.54) is 6.20 Å². The molecule has 2 heterocycles. The zero-order chi connectivity index (χ0) is 17.5. The molecule has 1 aromatic carbocycles. The first-order chi connectivity index (χ1) is 11.4. The van der Waals surface area contributed by atoms with E-state index in [2.05, 4.69) is 4.98 Å². The van der Waals surface area contributed by atoms with Gasteiger partial charge in [-0.25, -0.2) is 0 Å². The molecule has 3 rings (SSSR count). The Bertz CT molecular complexity index is 732. The highest BCUT2D eigenvalue weighted by atomic mass is 16.6. The molecule has 0 amide bonds. The van der Waals surface area contributed by atoms with Crippen molar-refractivity contribution in [3.05, 3.63) is 36.0 Å². The van der Waals surface area contributed by atoms with Gasteiger partial charge in [-0.2, -0.15) is 0 Å². The van der Waals surface area contributed by atoms with E-state index in [-0.39, 0.29) is 0 Å². The fourth-order valence-corrected chi connectivity index (χ4v) is 3.25. The lowest BCUT2D eigenvalue weighted by molar-refractivity contribution is -0.332. The van der Waals surface area contributed by atoms with Crippen molar-refractivity contribution in [2.75, 3.05) is 6.61 Å². The van der Waals surface area contributed by atoms with E-state index in [0.29, 0.717) is 22.8 Å². The first-order valence-electron chi connectivity index (χ1n) is 7.49. The summed E-state index contributed by atoms with van der Waals surface area (Å²) in [6.45, 7) is -0.662. The number of nitrogens with one attached hydrogen (secondary N) is 1. The highest BCUT2D eigenvalue weighted by molar-refractivity contribution is 5.87. The van der Waals surface area contributed by atoms with Crippen molar-refractivity contribution >= 4 is 17.2 Å². The summed E-state index contributed by atoms with van der Waals surface area (Å²) < 4.78 is 5.00. The number of ether oxygens (including phenoxy) is 1. The Labute approximate surface area is 136 Å². The zero-order valence-electron chi connectivity index (χ0n) is 12.6. The van der Waals surface area contributed by atoms with Gasteiger partial charge in [-0.1, -0.05) is 18.2 Å². The van der Waals surface area contributed by atoms with Crippen molar-refractivity contribution in [3.8, 4) is 0 Å². The van der Waals surface area contributed by atoms with Crippen LogP contribution in [0.2, 0.25) is 0 Å². The predicted molar refractivity (Wildman–Crippen MR) is 82.0 cm³/mol. The maximum Gasteiger partial charge on any atom is 0.188 e. The third kappa shape index (κ3) is 2.35. The van der Waals surface area contributed by atoms with Crippen LogP contribution in [0.15, 0.2) is 30.5 Å². The average molecular weight is 337 g/mol. The molecular weight excluding hydrogens is 318 g/mol. The maximum atomic E-state index is 11.7. The normalized spacial score (nSPS) is 35.0. The standard InChI is InChI=1S/C16H19NO7/c18-6-10(9-5-17-11-4-2-1-3-8(9)11)16(23)14(21)13(20)12(7-19)24-15(16)22/h1-6,10,12-15,17,19-23H,7H2/t10?,12-,13-,14+,15+,16-/m1/s1. The number of aromatic nitrogens is 1. The number of aromatic amines is 1. The van der Waals surface area contributed by atoms with E-state index in [0.717, 1.165) is 0 Å². The van der Waals surface area contributed by atoms with Crippen LogP contribution in [0.4, 0.5) is 0 Å². The van der Waals surface area contributed by atoms with Gasteiger partial charge in [-0.3, -0.25) is 0 Å². The third-order valence-corrected chi connectivity index (χ3v) is 4.65. The quantitative estimate of drug-likeness (QED) is 0.377. The van der Waals surface area contributed by atoms with Crippen LogP contribution in [0.5, 0.6) is 0 Å². The minimum Gasteiger partial charge on any atom is -0.394 e. The van der Waals surface area contributed by atoms with E-state index < -0.39 is 42.7 Å². The van der Waals surface area contributed by atoms with E-state index in [9.17, 15) is 25.2 Å². The molecule has 130 valence electrons. The van der Waals surface area contributed by atoms with Crippen LogP contribution in [0.1, 0.15) is 11.5 Å². The first kappa shape index (κ1) is 17.0. The molecule has 1 aromatic heterocycles. The molecule has 0 radical (unpaired) electrons. The number of fused-ring (bicyclic) bond motifs is 1. The number of aliphatic hydroxyl groups is 5. The van der Waals surface area contributed by atoms with Crippen molar-refractivity contribution in [3.63, 3.8) is 0 Å². The molecule has 0 spiro atoms. The van der Waals surface area contributed by atoms with Crippen LogP contribution in [-0.2, 0) is 9.53 Å². The van der Waals surface area contributed by atoms with Crippen molar-refractivity contribution < 1.29 is 35.1 Å². The van der Waals surface area contributed by atoms with Crippen LogP contribution in [0.3, 0.4) is 0 Å². The van der Waals surface area contributed by atoms with Crippen LogP contribution in [-0.4, -0.2) is 73.6 Å². The van der Waals surface area contributed by atoms with Gasteiger partial charge in [0.15, 0.2) is 11.9 Å². The summed E-state index contributed by atoms with van der Waals surface area (Å²) in [5.74, 6) is -1.37. The Hall–Kier alpha value is -1.81. The Morgan fingerprint density at radius 2 is 2.00 bits per heavy atom. The number of hydrogen-bond acceptors (Lipinski definition) is 7. The summed E-state index contributed by atoms with van der Waals surface area (Å²) in [4.78, 5) is 14.7. The number of carbonyl (C=O) groups excluding carboxylic acids is 1. The van der Waals surface area contributed by atoms with Crippen molar-refractivity contribution in [2.24, 2.45) is 0 Å². The van der Waals surface area contributed by atoms with Crippen molar-refractivity contribution in [2.45, 2.75) is 36.1 Å². The van der Waals surface area contributed by atoms with Gasteiger partial charge in [-0.15, -0.1) is 0 Å². The largest absolute Gasteiger partial charge is 0.394 e. The number of aliphatic hydroxyl groups excluding tert-OH is 4. The summed E-state index contributed by atoms with van der Waals surface area (Å²) in [5, 5.41) is 51.1. The van der Waals surface area contributed by atoms with Gasteiger partial charge in [0.05, 0.1) is 12.5 Å². The molecule has 1 aliphatic rings. The number of H-pyrrole nitrogens is 1. The van der Waals surface area contributed by atoms with Gasteiger partial charge >= 0.3 is 0 Å². The van der Waals surface area contributed by atoms with Gasteiger partial charge in [0, 0.05) is 17.1 Å². The van der Waals surface area contributed by atoms with Crippen LogP contribution < -0.4 is 0 Å². The number of benzene rings is 1. The number of rotatable bonds is 4. The molecule has 1 saturated heterocycles. The Morgan fingerprint density at radius 3 is 2.67 bits per heavy atom. The molecule has 8 nitrogen and oxygen atoms in total. The second-order valence-corrected chi connectivity index (χ2v) is 5.94. The summed E-state index contributed by atoms with van der Waals surface area (Å²) in [5.41, 5.74) is -1.42. The van der Waals surface area contributed by atoms with Gasteiger partial charge in [-0.05, 0) is 11.6 Å². The minimum absolute atomic E-state index is 0.347. The summed E-state index contributed by atoms with van der Waals surface area (Å²) in [6, 6.07) is 7.02. The Balaban J connectivity index is 2.07. The minimum atomic E-state index is -2.47. The lowest BCUT2D eigenvalue weighted by atomic mass is 9.74. The molecule has 24 heavy (non-hydrogen) atoms. The van der Waals surface area contributed by atoms with Crippen LogP contribution >= 0.6 is 0 Å². The second kappa shape index (κ2) is 6.25. The summed E-state index contributed by atoms with van der Waals surface area (Å²) >= 11 is 0. The Morgan fingerprint density at radius 1 is 1.29 bits per heavy atom. The average Bonchev–Trinajstić information content (AvgIpc) is 3.01. The molecule has 6 N–H and O–H groups in total. The molecule has 0 aliphatic carbocycles. The Kier molecular flexibility index (Phi) is 4.43. The molecule has 8 heteroatoms. The monoisotopic (exact) mass is 337 g/mol. The molecule has 2 aromatic rings. The molecular formula is C16H19NO7. The number of hydrogen-bond donors (Lipinski definition) is 6. The summed E-state index contributed by atoms with van der Waals surface area (Å²) in [6.07, 6.45) is -4.94. The smallest absolute Gasteiger partial charge is 0.188 e. The fraction of sp³-hybridized carbons (Fsp3) is 0.438. The first-order valence-corrected chi connectivity index (χ1v) is 7.49. The third-order valence-electron chi connectivity index (χ3n) is 4.65. The van der Waals surface area contributed by atoms with E-state index in [1.54, 1.807) is 24.3 Å². The zero-order valence-corrected chi connectivity index (χ0v) is 12.6. The number of aldehydes is 1. The highest BCUT2D eigenvalue weighted by Gasteiger charge is 2.59. The van der Waals surface area contributed by atoms with Crippen LogP contribution in [0, 0.1) is 0 Å². The molecule has 0 bridgehead atoms. The molecule has 1 fully saturated rings. The highest BCUT2D eigenvalue weighted by Crippen LogP contribution is 2.41. The lowest BCUT2D eigenvalue weighted by Crippen LogP contribution is -2.69. The van der Waals surface area contributed by atoms with E-state index in [1.807, 2.05) is 0 Å². The predicted octanol–water partition coefficient (Wildman–Crippen LogP) is -1.39. The molecule has 0 saturated carbocycles. The van der Waals surface area contributed by atoms with Gasteiger partial charge < -0.3 is 40.0 Å². The fourth-order valence-electron chi connectivity index (χ4n) is 3.25. The lowest BCUT2D eigenvalue weighted by Gasteiger charge is -2.48. The molecule has 1 aliphatic heterocycles. The van der Waals surface area contributed by atoms with Gasteiger partial charge in [0.1, 0.15) is 24.6 Å². The van der Waals surface area contributed by atoms with Crippen molar-refractivity contribution in [1.29, 1.82) is 0 Å². The topological polar surface area (TPSA) is 143 Å². The maximum absolute atomic E-state index is 11.7. The second-order valence-electron chi connectivity index (χ2n) is 5.94. The van der Waals surface area contributed by atoms with E-state index in [4.69, 9.17) is 9.84 Å². The SMILES string of the molecule is O=CC(c1c[nH]c2ccccc12)[C@]1(O)[C@@H](O)O[C@H](CO)[C@@H](O)[C@@H]1O. The van der Waals surface area contributed by atoms with Crippen LogP contribution in [0.25, 0.3) is 10.9 Å². The number of para-hydroxylation sites is 1. The van der Waals surface area contributed by atoms with Gasteiger partial charge in [0.25, 0.3) is 0 Å². The molecule has 1 unspecified atom stereocenters. The van der Waals surface area contributed by atoms with Crippen molar-refractivity contribution in [1.82, 2.24) is 4.98 Å². The number of carbonyl (C=O) groups is 1. The van der Waals surface area contributed by atoms with E-state index >= 15 is 0 Å². The molecule has 6 atom stereocenters.